The molecule has 0 radical (unpaired) electrons. The summed E-state index contributed by atoms with van der Waals surface area (Å²) >= 11 is 0. The van der Waals surface area contributed by atoms with E-state index in [-0.39, 0.29) is 41.3 Å². The Kier molecular flexibility index (Phi) is 4.84. The van der Waals surface area contributed by atoms with Crippen LogP contribution >= 0.6 is 0 Å². The van der Waals surface area contributed by atoms with Crippen molar-refractivity contribution < 1.29 is 14.3 Å². The average molecular weight is 360 g/mol. The molecule has 0 unspecified atom stereocenters. The van der Waals surface area contributed by atoms with Crippen LogP contribution in [-0.4, -0.2) is 37.1 Å². The summed E-state index contributed by atoms with van der Waals surface area (Å²) in [5, 5.41) is 6.33. The van der Waals surface area contributed by atoms with Gasteiger partial charge in [-0.25, -0.2) is 0 Å². The number of ether oxygens (including phenoxy) is 1. The lowest BCUT2D eigenvalue weighted by Gasteiger charge is -2.50. The van der Waals surface area contributed by atoms with Gasteiger partial charge in [0.25, 0.3) is 0 Å². The summed E-state index contributed by atoms with van der Waals surface area (Å²) in [7, 11) is 0. The maximum Gasteiger partial charge on any atom is 0.310 e. The van der Waals surface area contributed by atoms with Crippen molar-refractivity contribution in [1.82, 2.24) is 10.6 Å². The van der Waals surface area contributed by atoms with Gasteiger partial charge in [-0.15, -0.1) is 0 Å². The number of fused-ring (bicyclic) bond motifs is 2. The Labute approximate surface area is 156 Å². The minimum absolute atomic E-state index is 0.0458. The molecule has 2 saturated carbocycles. The fourth-order valence-electron chi connectivity index (χ4n) is 5.89. The first-order valence-corrected chi connectivity index (χ1v) is 10.4. The van der Waals surface area contributed by atoms with Crippen molar-refractivity contribution in [1.29, 1.82) is 0 Å². The van der Waals surface area contributed by atoms with Gasteiger partial charge >= 0.3 is 5.97 Å². The van der Waals surface area contributed by atoms with Crippen molar-refractivity contribution in [2.45, 2.75) is 70.4 Å². The van der Waals surface area contributed by atoms with Crippen LogP contribution in [0.1, 0.15) is 58.3 Å². The zero-order valence-corrected chi connectivity index (χ0v) is 15.9. The van der Waals surface area contributed by atoms with Gasteiger partial charge in [-0.2, -0.15) is 0 Å². The van der Waals surface area contributed by atoms with Gasteiger partial charge in [-0.3, -0.25) is 9.59 Å². The van der Waals surface area contributed by atoms with Crippen LogP contribution in [0.15, 0.2) is 12.2 Å². The van der Waals surface area contributed by atoms with E-state index in [1.165, 1.54) is 18.4 Å². The fraction of sp³-hybridized carbons (Fsp3) is 0.810. The molecular weight excluding hydrogens is 328 g/mol. The predicted molar refractivity (Wildman–Crippen MR) is 99.3 cm³/mol. The fourth-order valence-corrected chi connectivity index (χ4v) is 5.89. The van der Waals surface area contributed by atoms with E-state index >= 15 is 0 Å². The number of rotatable bonds is 3. The molecule has 4 aliphatic rings. The molecule has 0 aromatic carbocycles. The molecule has 6 atom stereocenters. The topological polar surface area (TPSA) is 67.4 Å². The zero-order chi connectivity index (χ0) is 18.3. The quantitative estimate of drug-likeness (QED) is 0.600. The van der Waals surface area contributed by atoms with Crippen molar-refractivity contribution in [3.8, 4) is 0 Å². The van der Waals surface area contributed by atoms with Gasteiger partial charge in [0.05, 0.1) is 12.0 Å². The van der Waals surface area contributed by atoms with Gasteiger partial charge in [-0.1, -0.05) is 19.1 Å². The number of carbonyl (C=O) groups is 2. The number of hydrogen-bond donors (Lipinski definition) is 2. The summed E-state index contributed by atoms with van der Waals surface area (Å²) in [6, 6.07) is -0.178. The maximum absolute atomic E-state index is 12.6. The lowest BCUT2D eigenvalue weighted by atomic mass is 9.55. The first kappa shape index (κ1) is 18.0. The Balaban J connectivity index is 1.44. The third-order valence-electron chi connectivity index (χ3n) is 7.44. The van der Waals surface area contributed by atoms with Crippen LogP contribution in [0.5, 0.6) is 0 Å². The Morgan fingerprint density at radius 1 is 1.31 bits per heavy atom. The first-order valence-electron chi connectivity index (χ1n) is 10.4. The minimum Gasteiger partial charge on any atom is -0.462 e. The summed E-state index contributed by atoms with van der Waals surface area (Å²) in [6.07, 6.45) is 8.48. The third kappa shape index (κ3) is 3.19. The minimum atomic E-state index is -0.178. The largest absolute Gasteiger partial charge is 0.462 e. The van der Waals surface area contributed by atoms with Crippen LogP contribution in [0.4, 0.5) is 0 Å². The zero-order valence-electron chi connectivity index (χ0n) is 15.9. The molecule has 2 N–H and O–H groups in total. The number of nitrogens with one attached hydrogen (secondary N) is 2. The highest BCUT2D eigenvalue weighted by molar-refractivity contribution is 5.82. The van der Waals surface area contributed by atoms with E-state index in [1.807, 2.05) is 0 Å². The smallest absolute Gasteiger partial charge is 0.310 e. The summed E-state index contributed by atoms with van der Waals surface area (Å²) in [5.41, 5.74) is 1.60. The van der Waals surface area contributed by atoms with E-state index in [4.69, 9.17) is 4.74 Å². The van der Waals surface area contributed by atoms with E-state index in [9.17, 15) is 9.59 Å². The van der Waals surface area contributed by atoms with Crippen LogP contribution < -0.4 is 10.6 Å². The Morgan fingerprint density at radius 3 is 3.00 bits per heavy atom. The molecule has 4 fully saturated rings. The molecule has 4 rings (SSSR count). The van der Waals surface area contributed by atoms with Gasteiger partial charge in [0.2, 0.25) is 5.91 Å². The van der Waals surface area contributed by atoms with Gasteiger partial charge in [0, 0.05) is 19.0 Å². The monoisotopic (exact) mass is 360 g/mol. The van der Waals surface area contributed by atoms with Crippen molar-refractivity contribution in [2.75, 3.05) is 13.1 Å². The molecule has 2 aliphatic heterocycles. The second kappa shape index (κ2) is 6.99. The van der Waals surface area contributed by atoms with E-state index in [0.717, 1.165) is 45.1 Å². The third-order valence-corrected chi connectivity index (χ3v) is 7.44. The Hall–Kier alpha value is -1.36. The van der Waals surface area contributed by atoms with Gasteiger partial charge in [-0.05, 0) is 62.7 Å². The lowest BCUT2D eigenvalue weighted by molar-refractivity contribution is -0.146. The molecule has 26 heavy (non-hydrogen) atoms. The van der Waals surface area contributed by atoms with E-state index in [1.54, 1.807) is 0 Å². The SMILES string of the molecule is C=C1CCC[C@@]2(C)C[C@H]3OC(=O)[C@@H](CN[C@@H]4CCCCNC4=O)[C@@H]3C[C@H]12. The highest BCUT2D eigenvalue weighted by Gasteiger charge is 2.55. The maximum atomic E-state index is 12.6. The van der Waals surface area contributed by atoms with Gasteiger partial charge < -0.3 is 15.4 Å². The van der Waals surface area contributed by atoms with E-state index in [0.29, 0.717) is 12.5 Å². The second-order valence-electron chi connectivity index (χ2n) is 9.15. The van der Waals surface area contributed by atoms with E-state index < -0.39 is 0 Å². The number of allylic oxidation sites excluding steroid dienone is 1. The van der Waals surface area contributed by atoms with Crippen LogP contribution in [0.2, 0.25) is 0 Å². The summed E-state index contributed by atoms with van der Waals surface area (Å²) in [6.45, 7) is 8.01. The molecule has 2 saturated heterocycles. The van der Waals surface area contributed by atoms with Crippen molar-refractivity contribution in [2.24, 2.45) is 23.2 Å². The average Bonchev–Trinajstić information content (AvgIpc) is 2.74. The van der Waals surface area contributed by atoms with Crippen molar-refractivity contribution in [3.05, 3.63) is 12.2 Å². The van der Waals surface area contributed by atoms with E-state index in [2.05, 4.69) is 24.1 Å². The molecule has 5 nitrogen and oxygen atoms in total. The van der Waals surface area contributed by atoms with Crippen LogP contribution in [0.3, 0.4) is 0 Å². The molecule has 2 heterocycles. The highest BCUT2D eigenvalue weighted by atomic mass is 16.6. The Bertz CT molecular complexity index is 604. The molecule has 0 bridgehead atoms. The highest BCUT2D eigenvalue weighted by Crippen LogP contribution is 2.56. The van der Waals surface area contributed by atoms with Gasteiger partial charge in [0.1, 0.15) is 6.10 Å². The first-order chi connectivity index (χ1) is 12.5. The summed E-state index contributed by atoms with van der Waals surface area (Å²) < 4.78 is 5.81. The predicted octanol–water partition coefficient (Wildman–Crippen LogP) is 2.56. The number of hydrogen-bond acceptors (Lipinski definition) is 4. The molecule has 0 spiro atoms. The number of esters is 1. The molecule has 2 aliphatic carbocycles. The molecule has 1 amide bonds. The molecule has 0 aromatic rings. The summed E-state index contributed by atoms with van der Waals surface area (Å²) in [4.78, 5) is 24.7. The number of amides is 1. The number of carbonyl (C=O) groups excluding carboxylic acids is 2. The molecule has 144 valence electrons. The second-order valence-corrected chi connectivity index (χ2v) is 9.15. The summed E-state index contributed by atoms with van der Waals surface area (Å²) in [5.74, 6) is 0.638. The van der Waals surface area contributed by atoms with Crippen LogP contribution in [-0.2, 0) is 14.3 Å². The molecular formula is C21H32N2O3. The Morgan fingerprint density at radius 2 is 2.15 bits per heavy atom. The van der Waals surface area contributed by atoms with Crippen LogP contribution in [0, 0.1) is 23.2 Å². The van der Waals surface area contributed by atoms with Crippen molar-refractivity contribution in [3.63, 3.8) is 0 Å². The molecule has 0 aromatic heterocycles. The standard InChI is InChI=1S/C21H32N2O3/c1-13-6-5-8-21(2)11-18-14(10-16(13)21)15(20(25)26-18)12-23-17-7-3-4-9-22-19(17)24/h14-18,23H,1,3-12H2,2H3,(H,22,24)/t14-,15-,16+,17+,18+,21-/m0/s1. The molecule has 5 heteroatoms. The van der Waals surface area contributed by atoms with Gasteiger partial charge in [0.15, 0.2) is 0 Å². The lowest BCUT2D eigenvalue weighted by Crippen LogP contribution is -2.48. The van der Waals surface area contributed by atoms with Crippen molar-refractivity contribution >= 4 is 11.9 Å². The van der Waals surface area contributed by atoms with Crippen LogP contribution in [0.25, 0.3) is 0 Å². The normalized spacial score (nSPS) is 43.1.